The minimum atomic E-state index is -0.685. The maximum absolute atomic E-state index is 10.0. The second-order valence-corrected chi connectivity index (χ2v) is 2.45. The van der Waals surface area contributed by atoms with E-state index < -0.39 is 5.97 Å². The van der Waals surface area contributed by atoms with Crippen LogP contribution < -0.4 is 0 Å². The molecule has 0 aliphatic heterocycles. The molecule has 54 valence electrons. The Morgan fingerprint density at radius 3 is 2.56 bits per heavy atom. The van der Waals surface area contributed by atoms with Crippen molar-refractivity contribution < 1.29 is 9.90 Å². The van der Waals surface area contributed by atoms with Gasteiger partial charge in [0.05, 0.1) is 0 Å². The maximum atomic E-state index is 10.0. The summed E-state index contributed by atoms with van der Waals surface area (Å²) in [5.41, 5.74) is 0. The molecule has 1 atom stereocenters. The largest absolute Gasteiger partial charge is 0.481 e. The molecule has 0 unspecified atom stereocenters. The lowest BCUT2D eigenvalue weighted by atomic mass is 10.0. The molecule has 0 aromatic heterocycles. The molecule has 0 saturated carbocycles. The van der Waals surface area contributed by atoms with E-state index >= 15 is 0 Å². The van der Waals surface area contributed by atoms with Gasteiger partial charge < -0.3 is 5.11 Å². The Hall–Kier alpha value is -0.530. The zero-order valence-electron chi connectivity index (χ0n) is 6.05. The summed E-state index contributed by atoms with van der Waals surface area (Å²) < 4.78 is 0. The number of carbonyl (C=O) groups is 1. The molecule has 9 heavy (non-hydrogen) atoms. The number of carboxylic acids is 1. The molecule has 2 heteroatoms. The Balaban J connectivity index is 3.16. The van der Waals surface area contributed by atoms with E-state index in [1.54, 1.807) is 0 Å². The monoisotopic (exact) mass is 130 g/mol. The van der Waals surface area contributed by atoms with Crippen molar-refractivity contribution in [3.05, 3.63) is 0 Å². The molecule has 0 heterocycles. The predicted molar refractivity (Wildman–Crippen MR) is 36.3 cm³/mol. The van der Waals surface area contributed by atoms with Crippen molar-refractivity contribution in [2.75, 3.05) is 0 Å². The Morgan fingerprint density at radius 1 is 1.67 bits per heavy atom. The van der Waals surface area contributed by atoms with Crippen LogP contribution in [0, 0.1) is 5.92 Å². The lowest BCUT2D eigenvalue weighted by Gasteiger charge is -2.03. The molecule has 0 aliphatic carbocycles. The molecule has 0 fully saturated rings. The van der Waals surface area contributed by atoms with E-state index in [0.717, 1.165) is 12.8 Å². The fourth-order valence-electron chi connectivity index (χ4n) is 0.574. The van der Waals surface area contributed by atoms with Gasteiger partial charge in [0.25, 0.3) is 0 Å². The molecule has 0 bridgehead atoms. The molecular formula is C7H14O2. The topological polar surface area (TPSA) is 37.3 Å². The highest BCUT2D eigenvalue weighted by Crippen LogP contribution is 2.08. The molecular weight excluding hydrogens is 116 g/mol. The Bertz CT molecular complexity index is 88.9. The van der Waals surface area contributed by atoms with Gasteiger partial charge in [-0.3, -0.25) is 4.79 Å². The summed E-state index contributed by atoms with van der Waals surface area (Å²) in [6.45, 7) is 4.15. The summed E-state index contributed by atoms with van der Waals surface area (Å²) in [6, 6.07) is 0. The summed E-state index contributed by atoms with van der Waals surface area (Å²) in [5.74, 6) is -0.128. The SMILES string of the molecule is CC[C@H](C)CCC(=O)O. The van der Waals surface area contributed by atoms with Gasteiger partial charge in [-0.1, -0.05) is 20.3 Å². The molecule has 1 N–H and O–H groups in total. The van der Waals surface area contributed by atoms with E-state index in [2.05, 4.69) is 13.8 Å². The Morgan fingerprint density at radius 2 is 2.22 bits per heavy atom. The maximum Gasteiger partial charge on any atom is 0.303 e. The van der Waals surface area contributed by atoms with Gasteiger partial charge in [-0.25, -0.2) is 0 Å². The van der Waals surface area contributed by atoms with E-state index in [-0.39, 0.29) is 0 Å². The van der Waals surface area contributed by atoms with Crippen LogP contribution in [0.2, 0.25) is 0 Å². The molecule has 0 saturated heterocycles. The van der Waals surface area contributed by atoms with Gasteiger partial charge >= 0.3 is 5.97 Å². The number of hydrogen-bond donors (Lipinski definition) is 1. The molecule has 0 aromatic carbocycles. The van der Waals surface area contributed by atoms with Crippen molar-refractivity contribution in [2.24, 2.45) is 5.92 Å². The summed E-state index contributed by atoms with van der Waals surface area (Å²) >= 11 is 0. The molecule has 0 rings (SSSR count). The summed E-state index contributed by atoms with van der Waals surface area (Å²) in [4.78, 5) is 10.0. The van der Waals surface area contributed by atoms with Crippen LogP contribution in [0.15, 0.2) is 0 Å². The first-order chi connectivity index (χ1) is 4.16. The fraction of sp³-hybridized carbons (Fsp3) is 0.857. The molecule has 0 spiro atoms. The van der Waals surface area contributed by atoms with Crippen LogP contribution >= 0.6 is 0 Å². The van der Waals surface area contributed by atoms with Gasteiger partial charge in [0.2, 0.25) is 0 Å². The molecule has 0 aliphatic rings. The third-order valence-electron chi connectivity index (χ3n) is 1.55. The zero-order valence-corrected chi connectivity index (χ0v) is 6.05. The van der Waals surface area contributed by atoms with Crippen molar-refractivity contribution in [1.82, 2.24) is 0 Å². The average molecular weight is 130 g/mol. The van der Waals surface area contributed by atoms with Crippen LogP contribution in [-0.2, 0) is 4.79 Å². The van der Waals surface area contributed by atoms with Crippen LogP contribution in [0.25, 0.3) is 0 Å². The van der Waals surface area contributed by atoms with Crippen LogP contribution in [0.4, 0.5) is 0 Å². The lowest BCUT2D eigenvalue weighted by molar-refractivity contribution is -0.137. The van der Waals surface area contributed by atoms with E-state index in [0.29, 0.717) is 12.3 Å². The summed E-state index contributed by atoms with van der Waals surface area (Å²) in [6.07, 6.45) is 2.20. The van der Waals surface area contributed by atoms with Crippen LogP contribution in [0.3, 0.4) is 0 Å². The number of hydrogen-bond acceptors (Lipinski definition) is 1. The van der Waals surface area contributed by atoms with Gasteiger partial charge in [-0.05, 0) is 12.3 Å². The van der Waals surface area contributed by atoms with Crippen LogP contribution in [-0.4, -0.2) is 11.1 Å². The lowest BCUT2D eigenvalue weighted by Crippen LogP contribution is -1.99. The van der Waals surface area contributed by atoms with Gasteiger partial charge in [-0.15, -0.1) is 0 Å². The quantitative estimate of drug-likeness (QED) is 0.631. The van der Waals surface area contributed by atoms with Crippen molar-refractivity contribution >= 4 is 5.97 Å². The highest BCUT2D eigenvalue weighted by atomic mass is 16.4. The Labute approximate surface area is 55.9 Å². The second kappa shape index (κ2) is 4.36. The first kappa shape index (κ1) is 8.47. The van der Waals surface area contributed by atoms with Crippen molar-refractivity contribution in [2.45, 2.75) is 33.1 Å². The number of aliphatic carboxylic acids is 1. The van der Waals surface area contributed by atoms with Gasteiger partial charge in [-0.2, -0.15) is 0 Å². The third kappa shape index (κ3) is 5.34. The predicted octanol–water partition coefficient (Wildman–Crippen LogP) is 1.90. The van der Waals surface area contributed by atoms with Crippen molar-refractivity contribution in [1.29, 1.82) is 0 Å². The summed E-state index contributed by atoms with van der Waals surface area (Å²) in [7, 11) is 0. The Kier molecular flexibility index (Phi) is 4.10. The first-order valence-electron chi connectivity index (χ1n) is 3.38. The highest BCUT2D eigenvalue weighted by molar-refractivity contribution is 5.66. The van der Waals surface area contributed by atoms with Gasteiger partial charge in [0.15, 0.2) is 0 Å². The number of rotatable bonds is 4. The first-order valence-corrected chi connectivity index (χ1v) is 3.38. The smallest absolute Gasteiger partial charge is 0.303 e. The van der Waals surface area contributed by atoms with Gasteiger partial charge in [0.1, 0.15) is 0 Å². The fourth-order valence-corrected chi connectivity index (χ4v) is 0.574. The number of carboxylic acid groups (broad SMARTS) is 1. The molecule has 0 radical (unpaired) electrons. The standard InChI is InChI=1S/C7H14O2/c1-3-6(2)4-5-7(8)9/h6H,3-5H2,1-2H3,(H,8,9)/t6-/m0/s1. The summed E-state index contributed by atoms with van der Waals surface area (Å²) in [5, 5.41) is 8.26. The average Bonchev–Trinajstić information content (AvgIpc) is 1.83. The molecule has 0 aromatic rings. The third-order valence-corrected chi connectivity index (χ3v) is 1.55. The van der Waals surface area contributed by atoms with E-state index in [4.69, 9.17) is 5.11 Å². The normalized spacial score (nSPS) is 13.1. The van der Waals surface area contributed by atoms with E-state index in [1.807, 2.05) is 0 Å². The van der Waals surface area contributed by atoms with E-state index in [9.17, 15) is 4.79 Å². The molecule has 0 amide bonds. The van der Waals surface area contributed by atoms with Crippen molar-refractivity contribution in [3.8, 4) is 0 Å². The van der Waals surface area contributed by atoms with Crippen LogP contribution in [0.1, 0.15) is 33.1 Å². The van der Waals surface area contributed by atoms with Crippen LogP contribution in [0.5, 0.6) is 0 Å². The minimum Gasteiger partial charge on any atom is -0.481 e. The van der Waals surface area contributed by atoms with Gasteiger partial charge in [0, 0.05) is 6.42 Å². The second-order valence-electron chi connectivity index (χ2n) is 2.45. The highest BCUT2D eigenvalue weighted by Gasteiger charge is 2.01. The molecule has 2 nitrogen and oxygen atoms in total. The minimum absolute atomic E-state index is 0.314. The van der Waals surface area contributed by atoms with Crippen molar-refractivity contribution in [3.63, 3.8) is 0 Å². The van der Waals surface area contributed by atoms with E-state index in [1.165, 1.54) is 0 Å². The zero-order chi connectivity index (χ0) is 7.28.